The molecule has 1 heterocycles. The Morgan fingerprint density at radius 2 is 1.62 bits per heavy atom. The highest BCUT2D eigenvalue weighted by molar-refractivity contribution is 7.89. The van der Waals surface area contributed by atoms with Gasteiger partial charge in [-0.15, -0.1) is 0 Å². The number of hydrogen-bond donors (Lipinski definition) is 2. The number of rotatable bonds is 6. The molecule has 2 aromatic rings. The summed E-state index contributed by atoms with van der Waals surface area (Å²) in [6, 6.07) is 15.7. The van der Waals surface area contributed by atoms with Crippen LogP contribution in [-0.4, -0.2) is 38.2 Å². The summed E-state index contributed by atoms with van der Waals surface area (Å²) in [5, 5.41) is 7.87. The first kappa shape index (κ1) is 21.0. The van der Waals surface area contributed by atoms with Crippen LogP contribution in [0.3, 0.4) is 0 Å². The second-order valence-electron chi connectivity index (χ2n) is 7.20. The maximum Gasteiger partial charge on any atom is 0.238 e. The van der Waals surface area contributed by atoms with Gasteiger partial charge < -0.3 is 10.2 Å². The van der Waals surface area contributed by atoms with Gasteiger partial charge in [-0.3, -0.25) is 9.59 Å². The molecule has 0 unspecified atom stereocenters. The maximum atomic E-state index is 12.5. The molecule has 0 saturated carbocycles. The molecular formula is C21H25N3O4S. The Balaban J connectivity index is 1.46. The molecule has 0 radical (unpaired) electrons. The van der Waals surface area contributed by atoms with E-state index in [0.717, 1.165) is 5.56 Å². The molecule has 154 valence electrons. The second-order valence-corrected chi connectivity index (χ2v) is 8.76. The zero-order valence-corrected chi connectivity index (χ0v) is 16.9. The average molecular weight is 416 g/mol. The maximum absolute atomic E-state index is 12.5. The van der Waals surface area contributed by atoms with Gasteiger partial charge >= 0.3 is 0 Å². The summed E-state index contributed by atoms with van der Waals surface area (Å²) in [5.74, 6) is -0.179. The van der Waals surface area contributed by atoms with E-state index in [9.17, 15) is 18.0 Å². The lowest BCUT2D eigenvalue weighted by molar-refractivity contribution is -0.134. The Labute approximate surface area is 171 Å². The Kier molecular flexibility index (Phi) is 6.66. The number of hydrogen-bond acceptors (Lipinski definition) is 4. The minimum Gasteiger partial charge on any atom is -0.343 e. The molecule has 3 N–H and O–H groups in total. The normalized spacial score (nSPS) is 15.1. The third-order valence-corrected chi connectivity index (χ3v) is 6.07. The molecular weight excluding hydrogens is 390 g/mol. The van der Waals surface area contributed by atoms with Gasteiger partial charge in [0.2, 0.25) is 21.8 Å². The highest BCUT2D eigenvalue weighted by atomic mass is 32.2. The topological polar surface area (TPSA) is 110 Å². The van der Waals surface area contributed by atoms with E-state index in [1.165, 1.54) is 24.3 Å². The van der Waals surface area contributed by atoms with Gasteiger partial charge in [0.15, 0.2) is 0 Å². The van der Waals surface area contributed by atoms with Crippen molar-refractivity contribution in [2.45, 2.75) is 30.6 Å². The molecule has 0 spiro atoms. The van der Waals surface area contributed by atoms with E-state index in [4.69, 9.17) is 5.14 Å². The predicted molar refractivity (Wildman–Crippen MR) is 111 cm³/mol. The molecule has 1 fully saturated rings. The van der Waals surface area contributed by atoms with Crippen LogP contribution in [0.2, 0.25) is 0 Å². The first-order chi connectivity index (χ1) is 13.8. The Hall–Kier alpha value is -2.71. The van der Waals surface area contributed by atoms with Crippen molar-refractivity contribution in [2.24, 2.45) is 11.1 Å². The fourth-order valence-electron chi connectivity index (χ4n) is 3.42. The number of piperidine rings is 1. The van der Waals surface area contributed by atoms with Crippen molar-refractivity contribution in [3.63, 3.8) is 0 Å². The number of nitrogens with two attached hydrogens (primary N) is 1. The predicted octanol–water partition coefficient (Wildman–Crippen LogP) is 2.14. The van der Waals surface area contributed by atoms with Crippen molar-refractivity contribution in [1.82, 2.24) is 4.90 Å². The van der Waals surface area contributed by atoms with Gasteiger partial charge in [-0.05, 0) is 49.1 Å². The van der Waals surface area contributed by atoms with Crippen molar-refractivity contribution < 1.29 is 18.0 Å². The Bertz CT molecular complexity index is 951. The average Bonchev–Trinajstić information content (AvgIpc) is 2.72. The van der Waals surface area contributed by atoms with Crippen molar-refractivity contribution in [2.75, 3.05) is 18.4 Å². The first-order valence-corrected chi connectivity index (χ1v) is 11.1. The summed E-state index contributed by atoms with van der Waals surface area (Å²) >= 11 is 0. The number of sulfonamides is 1. The molecule has 1 aliphatic heterocycles. The first-order valence-electron chi connectivity index (χ1n) is 9.58. The zero-order chi connectivity index (χ0) is 20.9. The standard InChI is InChI=1S/C21H25N3O4S/c22-29(27,28)19-9-7-18(8-10-19)23-21(26)17-12-14-24(15-13-17)20(25)11-6-16-4-2-1-3-5-16/h1-5,7-10,17H,6,11-15H2,(H,23,26)(H2,22,27,28). The minimum atomic E-state index is -3.76. The number of nitrogens with zero attached hydrogens (tertiary/aromatic N) is 1. The minimum absolute atomic E-state index is 0.00202. The van der Waals surface area contributed by atoms with Crippen molar-refractivity contribution >= 4 is 27.5 Å². The van der Waals surface area contributed by atoms with Gasteiger partial charge in [-0.1, -0.05) is 30.3 Å². The molecule has 1 saturated heterocycles. The molecule has 0 aliphatic carbocycles. The van der Waals surface area contributed by atoms with Crippen molar-refractivity contribution in [3.05, 3.63) is 60.2 Å². The summed E-state index contributed by atoms with van der Waals surface area (Å²) < 4.78 is 22.6. The summed E-state index contributed by atoms with van der Waals surface area (Å²) in [5.41, 5.74) is 1.66. The molecule has 8 heteroatoms. The number of aryl methyl sites for hydroxylation is 1. The van der Waals surface area contributed by atoms with Crippen molar-refractivity contribution in [3.8, 4) is 0 Å². The lowest BCUT2D eigenvalue weighted by Gasteiger charge is -2.31. The number of benzene rings is 2. The monoisotopic (exact) mass is 415 g/mol. The molecule has 2 amide bonds. The van der Waals surface area contributed by atoms with Crippen LogP contribution >= 0.6 is 0 Å². The van der Waals surface area contributed by atoms with E-state index >= 15 is 0 Å². The van der Waals surface area contributed by atoms with E-state index in [0.29, 0.717) is 44.5 Å². The fraction of sp³-hybridized carbons (Fsp3) is 0.333. The third kappa shape index (κ3) is 5.88. The number of nitrogens with one attached hydrogen (secondary N) is 1. The summed E-state index contributed by atoms with van der Waals surface area (Å²) in [4.78, 5) is 26.7. The molecule has 0 atom stereocenters. The van der Waals surface area contributed by atoms with E-state index in [1.54, 1.807) is 0 Å². The van der Waals surface area contributed by atoms with E-state index in [-0.39, 0.29) is 22.6 Å². The molecule has 29 heavy (non-hydrogen) atoms. The highest BCUT2D eigenvalue weighted by Gasteiger charge is 2.27. The fourth-order valence-corrected chi connectivity index (χ4v) is 3.93. The highest BCUT2D eigenvalue weighted by Crippen LogP contribution is 2.21. The van der Waals surface area contributed by atoms with Crippen LogP contribution in [0, 0.1) is 5.92 Å². The largest absolute Gasteiger partial charge is 0.343 e. The van der Waals surface area contributed by atoms with E-state index in [1.807, 2.05) is 35.2 Å². The Morgan fingerprint density at radius 1 is 1.00 bits per heavy atom. The van der Waals surface area contributed by atoms with Gasteiger partial charge in [0, 0.05) is 31.1 Å². The second kappa shape index (κ2) is 9.19. The van der Waals surface area contributed by atoms with Gasteiger partial charge in [0.1, 0.15) is 0 Å². The molecule has 0 bridgehead atoms. The molecule has 1 aliphatic rings. The van der Waals surface area contributed by atoms with Gasteiger partial charge in [0.25, 0.3) is 0 Å². The summed E-state index contributed by atoms with van der Waals surface area (Å²) in [6.45, 7) is 1.13. The molecule has 0 aromatic heterocycles. The van der Waals surface area contributed by atoms with Gasteiger partial charge in [-0.2, -0.15) is 0 Å². The quantitative estimate of drug-likeness (QED) is 0.753. The smallest absolute Gasteiger partial charge is 0.238 e. The molecule has 7 nitrogen and oxygen atoms in total. The van der Waals surface area contributed by atoms with Crippen LogP contribution in [0.4, 0.5) is 5.69 Å². The number of carbonyl (C=O) groups excluding carboxylic acids is 2. The molecule has 2 aromatic carbocycles. The third-order valence-electron chi connectivity index (χ3n) is 5.14. The number of primary sulfonamides is 1. The van der Waals surface area contributed by atoms with E-state index in [2.05, 4.69) is 5.32 Å². The zero-order valence-electron chi connectivity index (χ0n) is 16.1. The Morgan fingerprint density at radius 3 is 2.21 bits per heavy atom. The number of likely N-dealkylation sites (tertiary alicyclic amines) is 1. The summed E-state index contributed by atoms with van der Waals surface area (Å²) in [6.07, 6.45) is 2.40. The van der Waals surface area contributed by atoms with Gasteiger partial charge in [0.05, 0.1) is 4.90 Å². The van der Waals surface area contributed by atoms with Gasteiger partial charge in [-0.25, -0.2) is 13.6 Å². The number of amides is 2. The molecule has 3 rings (SSSR count). The van der Waals surface area contributed by atoms with Crippen LogP contribution in [0.15, 0.2) is 59.5 Å². The van der Waals surface area contributed by atoms with Crippen LogP contribution in [-0.2, 0) is 26.0 Å². The van der Waals surface area contributed by atoms with Crippen LogP contribution in [0.25, 0.3) is 0 Å². The van der Waals surface area contributed by atoms with Crippen molar-refractivity contribution in [1.29, 1.82) is 0 Å². The number of anilines is 1. The lowest BCUT2D eigenvalue weighted by Crippen LogP contribution is -2.41. The van der Waals surface area contributed by atoms with Crippen LogP contribution < -0.4 is 10.5 Å². The van der Waals surface area contributed by atoms with Crippen LogP contribution in [0.1, 0.15) is 24.8 Å². The number of carbonyl (C=O) groups is 2. The SMILES string of the molecule is NS(=O)(=O)c1ccc(NC(=O)C2CCN(C(=O)CCc3ccccc3)CC2)cc1. The van der Waals surface area contributed by atoms with E-state index < -0.39 is 10.0 Å². The lowest BCUT2D eigenvalue weighted by atomic mass is 9.95. The summed E-state index contributed by atoms with van der Waals surface area (Å²) in [7, 11) is -3.76. The van der Waals surface area contributed by atoms with Crippen LogP contribution in [0.5, 0.6) is 0 Å².